The highest BCUT2D eigenvalue weighted by Gasteiger charge is 2.02. The second-order valence-corrected chi connectivity index (χ2v) is 4.88. The predicted molar refractivity (Wildman–Crippen MR) is 72.8 cm³/mol. The van der Waals surface area contributed by atoms with Crippen LogP contribution >= 0.6 is 11.3 Å². The van der Waals surface area contributed by atoms with Crippen molar-refractivity contribution in [3.63, 3.8) is 0 Å². The fourth-order valence-corrected chi connectivity index (χ4v) is 2.43. The number of pyridine rings is 1. The minimum absolute atomic E-state index is 0.0360. The van der Waals surface area contributed by atoms with Gasteiger partial charge >= 0.3 is 0 Å². The first-order valence-electron chi connectivity index (χ1n) is 5.54. The van der Waals surface area contributed by atoms with Crippen LogP contribution in [0.15, 0.2) is 34.6 Å². The molecule has 0 saturated heterocycles. The minimum Gasteiger partial charge on any atom is -0.384 e. The second kappa shape index (κ2) is 5.67. The Kier molecular flexibility index (Phi) is 3.98. The van der Waals surface area contributed by atoms with Crippen molar-refractivity contribution >= 4 is 11.3 Å². The van der Waals surface area contributed by atoms with E-state index in [1.165, 1.54) is 0 Å². The van der Waals surface area contributed by atoms with E-state index in [-0.39, 0.29) is 12.2 Å². The molecule has 0 aromatic carbocycles. The summed E-state index contributed by atoms with van der Waals surface area (Å²) in [4.78, 5) is 12.9. The maximum atomic E-state index is 11.9. The molecule has 4 heteroatoms. The second-order valence-electron chi connectivity index (χ2n) is 3.89. The summed E-state index contributed by atoms with van der Waals surface area (Å²) >= 11 is 1.57. The molecule has 0 saturated carbocycles. The Morgan fingerprint density at radius 1 is 1.50 bits per heavy atom. The van der Waals surface area contributed by atoms with Crippen LogP contribution in [-0.2, 0) is 6.54 Å². The van der Waals surface area contributed by atoms with Gasteiger partial charge in [-0.05, 0) is 19.1 Å². The Bertz CT molecular complexity index is 658. The highest BCUT2D eigenvalue weighted by atomic mass is 32.1. The lowest BCUT2D eigenvalue weighted by Crippen LogP contribution is -2.21. The van der Waals surface area contributed by atoms with Crippen molar-refractivity contribution < 1.29 is 5.11 Å². The normalized spacial score (nSPS) is 9.89. The van der Waals surface area contributed by atoms with Crippen molar-refractivity contribution in [3.05, 3.63) is 56.1 Å². The molecule has 0 atom stereocenters. The largest absolute Gasteiger partial charge is 0.384 e. The molecule has 2 aromatic heterocycles. The third-order valence-corrected chi connectivity index (χ3v) is 3.42. The number of aryl methyl sites for hydroxylation is 1. The summed E-state index contributed by atoms with van der Waals surface area (Å²) in [5.74, 6) is 5.46. The van der Waals surface area contributed by atoms with E-state index in [1.54, 1.807) is 22.1 Å². The molecule has 0 fully saturated rings. The maximum absolute atomic E-state index is 11.9. The molecule has 2 rings (SSSR count). The first kappa shape index (κ1) is 12.6. The zero-order chi connectivity index (χ0) is 13.0. The summed E-state index contributed by atoms with van der Waals surface area (Å²) in [6.07, 6.45) is 1.79. The molecule has 0 radical (unpaired) electrons. The molecule has 2 heterocycles. The molecule has 0 amide bonds. The van der Waals surface area contributed by atoms with Crippen molar-refractivity contribution in [3.8, 4) is 11.8 Å². The molecular formula is C14H13NO2S. The molecule has 3 nitrogen and oxygen atoms in total. The van der Waals surface area contributed by atoms with Gasteiger partial charge in [-0.2, -0.15) is 0 Å². The van der Waals surface area contributed by atoms with Crippen molar-refractivity contribution in [2.75, 3.05) is 6.61 Å². The molecule has 92 valence electrons. The van der Waals surface area contributed by atoms with E-state index in [9.17, 15) is 4.79 Å². The number of hydrogen-bond acceptors (Lipinski definition) is 3. The number of aliphatic hydroxyl groups is 1. The van der Waals surface area contributed by atoms with Crippen LogP contribution in [0.25, 0.3) is 0 Å². The fraction of sp³-hybridized carbons (Fsp3) is 0.214. The lowest BCUT2D eigenvalue weighted by Gasteiger charge is -2.03. The topological polar surface area (TPSA) is 42.2 Å². The maximum Gasteiger partial charge on any atom is 0.253 e. The van der Waals surface area contributed by atoms with Crippen molar-refractivity contribution in [2.45, 2.75) is 13.5 Å². The quantitative estimate of drug-likeness (QED) is 0.833. The highest BCUT2D eigenvalue weighted by Crippen LogP contribution is 2.14. The van der Waals surface area contributed by atoms with E-state index in [0.29, 0.717) is 6.54 Å². The molecule has 2 aromatic rings. The van der Waals surface area contributed by atoms with E-state index >= 15 is 0 Å². The number of aliphatic hydroxyl groups excluding tert-OH is 1. The van der Waals surface area contributed by atoms with Crippen molar-refractivity contribution in [1.82, 2.24) is 4.57 Å². The highest BCUT2D eigenvalue weighted by molar-refractivity contribution is 7.10. The van der Waals surface area contributed by atoms with E-state index in [2.05, 4.69) is 11.8 Å². The molecule has 0 aliphatic carbocycles. The first-order valence-corrected chi connectivity index (χ1v) is 6.42. The Hall–Kier alpha value is -1.83. The van der Waals surface area contributed by atoms with Crippen molar-refractivity contribution in [2.24, 2.45) is 0 Å². The number of thiophene rings is 1. The lowest BCUT2D eigenvalue weighted by atomic mass is 10.3. The van der Waals surface area contributed by atoms with Gasteiger partial charge in [0.15, 0.2) is 0 Å². The zero-order valence-corrected chi connectivity index (χ0v) is 10.8. The number of nitrogens with zero attached hydrogens (tertiary/aromatic N) is 1. The van der Waals surface area contributed by atoms with E-state index in [1.807, 2.05) is 30.5 Å². The van der Waals surface area contributed by atoms with E-state index in [0.717, 1.165) is 16.0 Å². The summed E-state index contributed by atoms with van der Waals surface area (Å²) in [6.45, 7) is 2.24. The predicted octanol–water partition coefficient (Wildman–Crippen LogP) is 1.61. The van der Waals surface area contributed by atoms with Crippen molar-refractivity contribution in [1.29, 1.82) is 0 Å². The first-order chi connectivity index (χ1) is 8.70. The molecule has 0 unspecified atom stereocenters. The Morgan fingerprint density at radius 2 is 2.33 bits per heavy atom. The molecular weight excluding hydrogens is 246 g/mol. The third kappa shape index (κ3) is 2.89. The molecule has 0 aliphatic rings. The SMILES string of the molecule is Cc1cccn(Cc2cc(C#CCO)cs2)c1=O. The molecule has 0 spiro atoms. The van der Waals surface area contributed by atoms with Gasteiger partial charge in [-0.25, -0.2) is 0 Å². The lowest BCUT2D eigenvalue weighted by molar-refractivity contribution is 0.350. The summed E-state index contributed by atoms with van der Waals surface area (Å²) in [5.41, 5.74) is 1.66. The van der Waals surface area contributed by atoms with Gasteiger partial charge in [-0.15, -0.1) is 11.3 Å². The van der Waals surface area contributed by atoms with Crippen LogP contribution in [0.2, 0.25) is 0 Å². The van der Waals surface area contributed by atoms with Crippen LogP contribution in [-0.4, -0.2) is 16.3 Å². The number of rotatable bonds is 2. The number of aromatic nitrogens is 1. The average Bonchev–Trinajstić information content (AvgIpc) is 2.80. The Labute approximate surface area is 109 Å². The van der Waals surface area contributed by atoms with Gasteiger partial charge in [0.1, 0.15) is 6.61 Å². The monoisotopic (exact) mass is 259 g/mol. The molecule has 18 heavy (non-hydrogen) atoms. The van der Waals surface area contributed by atoms with Gasteiger partial charge in [0.2, 0.25) is 0 Å². The van der Waals surface area contributed by atoms with Gasteiger partial charge in [0.25, 0.3) is 5.56 Å². The van der Waals surface area contributed by atoms with Crippen LogP contribution in [0.4, 0.5) is 0 Å². The Balaban J connectivity index is 2.21. The minimum atomic E-state index is -0.136. The van der Waals surface area contributed by atoms with Crippen LogP contribution in [0.3, 0.4) is 0 Å². The standard InChI is InChI=1S/C14H13NO2S/c1-11-4-2-6-15(14(11)17)9-13-8-12(10-18-13)5-3-7-16/h2,4,6,8,10,16H,7,9H2,1H3. The van der Waals surface area contributed by atoms with Gasteiger partial charge in [0, 0.05) is 27.6 Å². The van der Waals surface area contributed by atoms with Gasteiger partial charge < -0.3 is 9.67 Å². The molecule has 0 bridgehead atoms. The van der Waals surface area contributed by atoms with Crippen LogP contribution in [0.5, 0.6) is 0 Å². The molecule has 1 N–H and O–H groups in total. The van der Waals surface area contributed by atoms with E-state index < -0.39 is 0 Å². The van der Waals surface area contributed by atoms with E-state index in [4.69, 9.17) is 5.11 Å². The Morgan fingerprint density at radius 3 is 3.11 bits per heavy atom. The van der Waals surface area contributed by atoms with Crippen LogP contribution < -0.4 is 5.56 Å². The van der Waals surface area contributed by atoms with Crippen LogP contribution in [0.1, 0.15) is 16.0 Å². The third-order valence-electron chi connectivity index (χ3n) is 2.50. The fourth-order valence-electron chi connectivity index (χ4n) is 1.62. The summed E-state index contributed by atoms with van der Waals surface area (Å²) in [6, 6.07) is 5.63. The smallest absolute Gasteiger partial charge is 0.253 e. The van der Waals surface area contributed by atoms with Crippen LogP contribution in [0, 0.1) is 18.8 Å². The summed E-state index contributed by atoms with van der Waals surface area (Å²) in [5, 5.41) is 10.6. The summed E-state index contributed by atoms with van der Waals surface area (Å²) < 4.78 is 1.68. The van der Waals surface area contributed by atoms with Gasteiger partial charge in [-0.3, -0.25) is 4.79 Å². The average molecular weight is 259 g/mol. The number of hydrogen-bond donors (Lipinski definition) is 1. The zero-order valence-electron chi connectivity index (χ0n) is 10.0. The van der Waals surface area contributed by atoms with Gasteiger partial charge in [0.05, 0.1) is 6.54 Å². The molecule has 0 aliphatic heterocycles. The summed E-state index contributed by atoms with van der Waals surface area (Å²) in [7, 11) is 0. The van der Waals surface area contributed by atoms with Gasteiger partial charge in [-0.1, -0.05) is 17.9 Å².